The zero-order chi connectivity index (χ0) is 13.7. The summed E-state index contributed by atoms with van der Waals surface area (Å²) < 4.78 is 0. The Bertz CT molecular complexity index is 419. The number of aryl methyl sites for hydroxylation is 2. The largest absolute Gasteiger partial charge is 0.295 e. The number of nitrogens with one attached hydrogen (secondary N) is 1. The van der Waals surface area contributed by atoms with Crippen molar-refractivity contribution in [1.82, 2.24) is 9.97 Å². The fourth-order valence-electron chi connectivity index (χ4n) is 2.78. The Hall–Kier alpha value is -1.45. The molecular formula is C15H23N3O. The number of anilines is 1. The molecule has 104 valence electrons. The van der Waals surface area contributed by atoms with Crippen LogP contribution in [0.25, 0.3) is 0 Å². The molecule has 1 amide bonds. The number of carbonyl (C=O) groups is 1. The van der Waals surface area contributed by atoms with Crippen molar-refractivity contribution in [2.45, 2.75) is 58.8 Å². The summed E-state index contributed by atoms with van der Waals surface area (Å²) >= 11 is 0. The molecule has 1 aliphatic carbocycles. The van der Waals surface area contributed by atoms with E-state index < -0.39 is 0 Å². The molecule has 2 rings (SSSR count). The maximum Gasteiger partial charge on any atom is 0.229 e. The lowest BCUT2D eigenvalue weighted by Crippen LogP contribution is -2.16. The van der Waals surface area contributed by atoms with E-state index in [-0.39, 0.29) is 5.91 Å². The van der Waals surface area contributed by atoms with E-state index in [0.717, 1.165) is 23.7 Å². The number of carbonyl (C=O) groups excluding carboxylic acids is 1. The molecule has 1 aromatic rings. The average molecular weight is 261 g/mol. The van der Waals surface area contributed by atoms with Crippen LogP contribution in [0.1, 0.15) is 56.3 Å². The number of hydrogen-bond acceptors (Lipinski definition) is 3. The van der Waals surface area contributed by atoms with Gasteiger partial charge in [0.05, 0.1) is 0 Å². The molecule has 0 bridgehead atoms. The van der Waals surface area contributed by atoms with Crippen molar-refractivity contribution in [3.8, 4) is 0 Å². The standard InChI is InChI=1S/C15H23N3O/c1-11-10-12(2)17-15(16-11)18-14(19)9-8-13-6-4-3-5-7-13/h10,13H,3-9H2,1-2H3,(H,16,17,18,19). The molecule has 1 heterocycles. The fourth-order valence-corrected chi connectivity index (χ4v) is 2.78. The van der Waals surface area contributed by atoms with Gasteiger partial charge in [0.25, 0.3) is 0 Å². The van der Waals surface area contributed by atoms with Crippen LogP contribution in [0.5, 0.6) is 0 Å². The highest BCUT2D eigenvalue weighted by atomic mass is 16.1. The number of hydrogen-bond donors (Lipinski definition) is 1. The van der Waals surface area contributed by atoms with E-state index in [1.807, 2.05) is 19.9 Å². The summed E-state index contributed by atoms with van der Waals surface area (Å²) in [6.45, 7) is 3.82. The summed E-state index contributed by atoms with van der Waals surface area (Å²) in [6.07, 6.45) is 8.16. The third-order valence-corrected chi connectivity index (χ3v) is 3.74. The number of aromatic nitrogens is 2. The van der Waals surface area contributed by atoms with Crippen LogP contribution in [-0.4, -0.2) is 15.9 Å². The molecule has 1 aliphatic rings. The Morgan fingerprint density at radius 2 is 1.84 bits per heavy atom. The van der Waals surface area contributed by atoms with Gasteiger partial charge in [0.15, 0.2) is 0 Å². The van der Waals surface area contributed by atoms with Crippen LogP contribution in [0.15, 0.2) is 6.07 Å². The molecule has 4 nitrogen and oxygen atoms in total. The van der Waals surface area contributed by atoms with Gasteiger partial charge in [0.2, 0.25) is 11.9 Å². The van der Waals surface area contributed by atoms with Gasteiger partial charge in [-0.05, 0) is 32.3 Å². The predicted molar refractivity (Wildman–Crippen MR) is 75.9 cm³/mol. The van der Waals surface area contributed by atoms with E-state index in [4.69, 9.17) is 0 Å². The Kier molecular flexibility index (Phi) is 4.88. The Balaban J connectivity index is 1.80. The van der Waals surface area contributed by atoms with Crippen LogP contribution in [0.3, 0.4) is 0 Å². The second-order valence-electron chi connectivity index (χ2n) is 5.57. The first kappa shape index (κ1) is 14.0. The number of rotatable bonds is 4. The molecule has 0 spiro atoms. The van der Waals surface area contributed by atoms with Gasteiger partial charge in [0, 0.05) is 17.8 Å². The highest BCUT2D eigenvalue weighted by Gasteiger charge is 2.15. The highest BCUT2D eigenvalue weighted by Crippen LogP contribution is 2.27. The second kappa shape index (κ2) is 6.64. The van der Waals surface area contributed by atoms with E-state index in [2.05, 4.69) is 15.3 Å². The number of amides is 1. The SMILES string of the molecule is Cc1cc(C)nc(NC(=O)CCC2CCCCC2)n1. The van der Waals surface area contributed by atoms with Crippen molar-refractivity contribution in [2.24, 2.45) is 5.92 Å². The van der Waals surface area contributed by atoms with E-state index >= 15 is 0 Å². The Morgan fingerprint density at radius 1 is 1.21 bits per heavy atom. The molecule has 1 N–H and O–H groups in total. The average Bonchev–Trinajstić information content (AvgIpc) is 2.36. The van der Waals surface area contributed by atoms with E-state index in [9.17, 15) is 4.79 Å². The molecule has 1 aromatic heterocycles. The first-order valence-electron chi connectivity index (χ1n) is 7.25. The summed E-state index contributed by atoms with van der Waals surface area (Å²) in [5, 5.41) is 2.80. The molecule has 1 saturated carbocycles. The fraction of sp³-hybridized carbons (Fsp3) is 0.667. The lowest BCUT2D eigenvalue weighted by atomic mass is 9.86. The molecule has 0 radical (unpaired) electrons. The lowest BCUT2D eigenvalue weighted by Gasteiger charge is -2.20. The van der Waals surface area contributed by atoms with Gasteiger partial charge in [-0.1, -0.05) is 32.1 Å². The van der Waals surface area contributed by atoms with Gasteiger partial charge in [-0.2, -0.15) is 0 Å². The van der Waals surface area contributed by atoms with Crippen LogP contribution in [0.4, 0.5) is 5.95 Å². The minimum absolute atomic E-state index is 0.0376. The molecular weight excluding hydrogens is 238 g/mol. The van der Waals surface area contributed by atoms with Gasteiger partial charge >= 0.3 is 0 Å². The first-order chi connectivity index (χ1) is 9.13. The van der Waals surface area contributed by atoms with E-state index in [1.54, 1.807) is 0 Å². The van der Waals surface area contributed by atoms with Gasteiger partial charge in [-0.25, -0.2) is 9.97 Å². The van der Waals surface area contributed by atoms with Gasteiger partial charge in [0.1, 0.15) is 0 Å². The smallest absolute Gasteiger partial charge is 0.229 e. The van der Waals surface area contributed by atoms with Crippen LogP contribution in [0, 0.1) is 19.8 Å². The van der Waals surface area contributed by atoms with E-state index in [1.165, 1.54) is 32.1 Å². The van der Waals surface area contributed by atoms with Crippen molar-refractivity contribution in [3.63, 3.8) is 0 Å². The van der Waals surface area contributed by atoms with Crippen LogP contribution >= 0.6 is 0 Å². The van der Waals surface area contributed by atoms with Crippen molar-refractivity contribution >= 4 is 11.9 Å². The zero-order valence-electron chi connectivity index (χ0n) is 11.9. The van der Waals surface area contributed by atoms with Gasteiger partial charge in [-0.15, -0.1) is 0 Å². The molecule has 0 atom stereocenters. The second-order valence-corrected chi connectivity index (χ2v) is 5.57. The van der Waals surface area contributed by atoms with Gasteiger partial charge in [-0.3, -0.25) is 10.1 Å². The van der Waals surface area contributed by atoms with Crippen molar-refractivity contribution < 1.29 is 4.79 Å². The quantitative estimate of drug-likeness (QED) is 0.903. The summed E-state index contributed by atoms with van der Waals surface area (Å²) in [5.41, 5.74) is 1.77. The molecule has 4 heteroatoms. The summed E-state index contributed by atoms with van der Waals surface area (Å²) in [6, 6.07) is 1.90. The van der Waals surface area contributed by atoms with Crippen molar-refractivity contribution in [2.75, 3.05) is 5.32 Å². The third-order valence-electron chi connectivity index (χ3n) is 3.74. The van der Waals surface area contributed by atoms with E-state index in [0.29, 0.717) is 12.4 Å². The molecule has 0 aromatic carbocycles. The molecule has 1 fully saturated rings. The van der Waals surface area contributed by atoms with Crippen LogP contribution in [0.2, 0.25) is 0 Å². The minimum atomic E-state index is 0.0376. The minimum Gasteiger partial charge on any atom is -0.295 e. The Labute approximate surface area is 115 Å². The van der Waals surface area contributed by atoms with Crippen LogP contribution in [-0.2, 0) is 4.79 Å². The first-order valence-corrected chi connectivity index (χ1v) is 7.25. The molecule has 0 saturated heterocycles. The highest BCUT2D eigenvalue weighted by molar-refractivity contribution is 5.88. The Morgan fingerprint density at radius 3 is 2.47 bits per heavy atom. The summed E-state index contributed by atoms with van der Waals surface area (Å²) in [7, 11) is 0. The molecule has 0 aliphatic heterocycles. The lowest BCUT2D eigenvalue weighted by molar-refractivity contribution is -0.116. The maximum atomic E-state index is 11.9. The monoisotopic (exact) mass is 261 g/mol. The summed E-state index contributed by atoms with van der Waals surface area (Å²) in [4.78, 5) is 20.3. The van der Waals surface area contributed by atoms with Gasteiger partial charge < -0.3 is 0 Å². The molecule has 0 unspecified atom stereocenters. The third kappa shape index (κ3) is 4.62. The molecule has 19 heavy (non-hydrogen) atoms. The van der Waals surface area contributed by atoms with Crippen molar-refractivity contribution in [1.29, 1.82) is 0 Å². The normalized spacial score (nSPS) is 16.3. The van der Waals surface area contributed by atoms with Crippen LogP contribution < -0.4 is 5.32 Å². The number of nitrogens with zero attached hydrogens (tertiary/aromatic N) is 2. The maximum absolute atomic E-state index is 11.9. The van der Waals surface area contributed by atoms with Crippen molar-refractivity contribution in [3.05, 3.63) is 17.5 Å². The summed E-state index contributed by atoms with van der Waals surface area (Å²) in [5.74, 6) is 1.21. The zero-order valence-corrected chi connectivity index (χ0v) is 11.9. The predicted octanol–water partition coefficient (Wildman–Crippen LogP) is 3.39. The topological polar surface area (TPSA) is 54.9 Å².